The molecule has 2 fully saturated rings. The number of aryl methyl sites for hydroxylation is 2. The Morgan fingerprint density at radius 3 is 2.27 bits per heavy atom. The van der Waals surface area contributed by atoms with Crippen LogP contribution in [0.1, 0.15) is 17.8 Å². The predicted octanol–water partition coefficient (Wildman–Crippen LogP) is 1.80. The molecule has 0 saturated carbocycles. The first kappa shape index (κ1) is 20.1. The van der Waals surface area contributed by atoms with Gasteiger partial charge in [-0.3, -0.25) is 9.59 Å². The molecule has 2 aliphatic heterocycles. The van der Waals surface area contributed by atoms with Crippen molar-refractivity contribution < 1.29 is 14.3 Å². The summed E-state index contributed by atoms with van der Waals surface area (Å²) in [6.07, 6.45) is 0.255. The Morgan fingerprint density at radius 1 is 1.03 bits per heavy atom. The van der Waals surface area contributed by atoms with Crippen LogP contribution in [0.5, 0.6) is 5.75 Å². The molecule has 30 heavy (non-hydrogen) atoms. The van der Waals surface area contributed by atoms with E-state index >= 15 is 0 Å². The lowest BCUT2D eigenvalue weighted by molar-refractivity contribution is -0.136. The maximum Gasteiger partial charge on any atom is 0.228 e. The molecule has 2 saturated heterocycles. The fourth-order valence-corrected chi connectivity index (χ4v) is 4.12. The van der Waals surface area contributed by atoms with Gasteiger partial charge in [-0.15, -0.1) is 0 Å². The molecule has 0 bridgehead atoms. The topological polar surface area (TPSA) is 78.9 Å². The summed E-state index contributed by atoms with van der Waals surface area (Å²) in [6, 6.07) is 9.31. The van der Waals surface area contributed by atoms with Crippen molar-refractivity contribution in [1.82, 2.24) is 14.9 Å². The van der Waals surface area contributed by atoms with Gasteiger partial charge in [0, 0.05) is 56.2 Å². The van der Waals surface area contributed by atoms with E-state index in [4.69, 9.17) is 4.74 Å². The van der Waals surface area contributed by atoms with Gasteiger partial charge in [0.2, 0.25) is 17.8 Å². The van der Waals surface area contributed by atoms with Gasteiger partial charge in [-0.25, -0.2) is 9.97 Å². The van der Waals surface area contributed by atoms with Gasteiger partial charge in [0.05, 0.1) is 13.0 Å². The highest BCUT2D eigenvalue weighted by molar-refractivity contribution is 6.00. The van der Waals surface area contributed by atoms with Gasteiger partial charge in [0.15, 0.2) is 0 Å². The van der Waals surface area contributed by atoms with Gasteiger partial charge in [-0.2, -0.15) is 0 Å². The van der Waals surface area contributed by atoms with Crippen LogP contribution in [0.4, 0.5) is 11.6 Å². The minimum absolute atomic E-state index is 0.0132. The number of anilines is 2. The van der Waals surface area contributed by atoms with E-state index in [2.05, 4.69) is 14.9 Å². The summed E-state index contributed by atoms with van der Waals surface area (Å²) >= 11 is 0. The molecule has 0 unspecified atom stereocenters. The van der Waals surface area contributed by atoms with E-state index in [1.54, 1.807) is 12.0 Å². The number of benzene rings is 1. The van der Waals surface area contributed by atoms with E-state index in [0.717, 1.165) is 28.8 Å². The van der Waals surface area contributed by atoms with E-state index in [1.165, 1.54) is 0 Å². The molecule has 8 nitrogen and oxygen atoms in total. The maximum absolute atomic E-state index is 13.1. The fraction of sp³-hybridized carbons (Fsp3) is 0.455. The Morgan fingerprint density at radius 2 is 1.67 bits per heavy atom. The van der Waals surface area contributed by atoms with Gasteiger partial charge in [0.25, 0.3) is 0 Å². The van der Waals surface area contributed by atoms with E-state index in [1.807, 2.05) is 49.1 Å². The molecule has 0 N–H and O–H groups in total. The Hall–Kier alpha value is -3.16. The second kappa shape index (κ2) is 8.30. The molecule has 0 spiro atoms. The van der Waals surface area contributed by atoms with Gasteiger partial charge in [-0.1, -0.05) is 0 Å². The highest BCUT2D eigenvalue weighted by Crippen LogP contribution is 2.28. The smallest absolute Gasteiger partial charge is 0.228 e. The minimum atomic E-state index is -0.302. The molecule has 2 amide bonds. The monoisotopic (exact) mass is 409 g/mol. The van der Waals surface area contributed by atoms with Gasteiger partial charge < -0.3 is 19.4 Å². The van der Waals surface area contributed by atoms with Crippen LogP contribution in [0.2, 0.25) is 0 Å². The molecular weight excluding hydrogens is 382 g/mol. The quantitative estimate of drug-likeness (QED) is 0.766. The fourth-order valence-electron chi connectivity index (χ4n) is 4.12. The first-order valence-corrected chi connectivity index (χ1v) is 10.2. The van der Waals surface area contributed by atoms with E-state index in [0.29, 0.717) is 32.7 Å². The summed E-state index contributed by atoms with van der Waals surface area (Å²) in [7, 11) is 1.61. The van der Waals surface area contributed by atoms with Crippen molar-refractivity contribution in [2.24, 2.45) is 5.92 Å². The lowest BCUT2D eigenvalue weighted by Crippen LogP contribution is -2.51. The molecular formula is C22H27N5O3. The van der Waals surface area contributed by atoms with Gasteiger partial charge in [-0.05, 0) is 44.2 Å². The number of ether oxygens (including phenoxy) is 1. The number of aromatic nitrogens is 2. The number of piperazine rings is 1. The summed E-state index contributed by atoms with van der Waals surface area (Å²) in [6.45, 7) is 6.96. The van der Waals surface area contributed by atoms with Crippen LogP contribution in [0.3, 0.4) is 0 Å². The summed E-state index contributed by atoms with van der Waals surface area (Å²) < 4.78 is 5.17. The van der Waals surface area contributed by atoms with Gasteiger partial charge >= 0.3 is 0 Å². The summed E-state index contributed by atoms with van der Waals surface area (Å²) in [5.41, 5.74) is 2.69. The molecule has 0 radical (unpaired) electrons. The minimum Gasteiger partial charge on any atom is -0.497 e. The maximum atomic E-state index is 13.1. The van der Waals surface area contributed by atoms with E-state index in [9.17, 15) is 9.59 Å². The molecule has 1 atom stereocenters. The molecule has 1 aromatic carbocycles. The third-order valence-corrected chi connectivity index (χ3v) is 5.70. The Balaban J connectivity index is 1.36. The summed E-state index contributed by atoms with van der Waals surface area (Å²) in [4.78, 5) is 40.3. The number of hydrogen-bond acceptors (Lipinski definition) is 6. The van der Waals surface area contributed by atoms with Crippen LogP contribution in [-0.4, -0.2) is 66.5 Å². The molecule has 2 aliphatic rings. The van der Waals surface area contributed by atoms with Crippen LogP contribution < -0.4 is 14.5 Å². The molecule has 8 heteroatoms. The third kappa shape index (κ3) is 4.08. The highest BCUT2D eigenvalue weighted by atomic mass is 16.5. The number of rotatable bonds is 4. The van der Waals surface area contributed by atoms with Crippen molar-refractivity contribution in [2.75, 3.05) is 49.6 Å². The molecule has 3 heterocycles. The van der Waals surface area contributed by atoms with Crippen molar-refractivity contribution in [3.05, 3.63) is 41.7 Å². The highest BCUT2D eigenvalue weighted by Gasteiger charge is 2.38. The Labute approximate surface area is 176 Å². The zero-order chi connectivity index (χ0) is 21.3. The Kier molecular flexibility index (Phi) is 5.57. The van der Waals surface area contributed by atoms with Crippen LogP contribution in [-0.2, 0) is 9.59 Å². The number of amides is 2. The number of carbonyl (C=O) groups is 2. The van der Waals surface area contributed by atoms with Crippen LogP contribution in [0.15, 0.2) is 30.3 Å². The average molecular weight is 409 g/mol. The van der Waals surface area contributed by atoms with Crippen molar-refractivity contribution in [3.8, 4) is 5.75 Å². The first-order valence-electron chi connectivity index (χ1n) is 10.2. The number of hydrogen-bond donors (Lipinski definition) is 0. The molecule has 1 aromatic heterocycles. The lowest BCUT2D eigenvalue weighted by Gasteiger charge is -2.36. The number of methoxy groups -OCH3 is 1. The van der Waals surface area contributed by atoms with E-state index in [-0.39, 0.29) is 24.2 Å². The largest absolute Gasteiger partial charge is 0.497 e. The molecule has 0 aliphatic carbocycles. The normalized spacial score (nSPS) is 19.4. The molecule has 2 aromatic rings. The second-order valence-corrected chi connectivity index (χ2v) is 7.87. The summed E-state index contributed by atoms with van der Waals surface area (Å²) in [5.74, 6) is 1.20. The average Bonchev–Trinajstić information content (AvgIpc) is 3.14. The van der Waals surface area contributed by atoms with Crippen LogP contribution in [0.25, 0.3) is 0 Å². The first-order chi connectivity index (χ1) is 14.4. The predicted molar refractivity (Wildman–Crippen MR) is 114 cm³/mol. The van der Waals surface area contributed by atoms with Crippen LogP contribution >= 0.6 is 0 Å². The van der Waals surface area contributed by atoms with Crippen molar-refractivity contribution in [3.63, 3.8) is 0 Å². The number of nitrogens with zero attached hydrogens (tertiary/aromatic N) is 5. The van der Waals surface area contributed by atoms with Crippen LogP contribution in [0, 0.1) is 19.8 Å². The second-order valence-electron chi connectivity index (χ2n) is 7.87. The standard InChI is InChI=1S/C22H27N5O3/c1-15-12-16(2)24-22(23-15)26-10-8-25(9-11-26)21(29)17-13-20(28)27(14-17)18-4-6-19(30-3)7-5-18/h4-7,12,17H,8-11,13-14H2,1-3H3/t17-/m0/s1. The zero-order valence-electron chi connectivity index (χ0n) is 17.7. The van der Waals surface area contributed by atoms with Gasteiger partial charge in [0.1, 0.15) is 5.75 Å². The van der Waals surface area contributed by atoms with Crippen molar-refractivity contribution in [2.45, 2.75) is 20.3 Å². The summed E-state index contributed by atoms with van der Waals surface area (Å²) in [5, 5.41) is 0. The zero-order valence-corrected chi connectivity index (χ0v) is 17.7. The Bertz CT molecular complexity index is 918. The molecule has 158 valence electrons. The van der Waals surface area contributed by atoms with Crippen molar-refractivity contribution >= 4 is 23.5 Å². The lowest BCUT2D eigenvalue weighted by atomic mass is 10.1. The third-order valence-electron chi connectivity index (χ3n) is 5.70. The van der Waals surface area contributed by atoms with Crippen molar-refractivity contribution in [1.29, 1.82) is 0 Å². The van der Waals surface area contributed by atoms with E-state index < -0.39 is 0 Å². The molecule has 4 rings (SSSR count). The number of carbonyl (C=O) groups excluding carboxylic acids is 2. The SMILES string of the molecule is COc1ccc(N2C[C@@H](C(=O)N3CCN(c4nc(C)cc(C)n4)CC3)CC2=O)cc1.